The zero-order chi connectivity index (χ0) is 22.9. The molecule has 0 heterocycles. The largest absolute Gasteiger partial charge is 0.493 e. The van der Waals surface area contributed by atoms with Crippen molar-refractivity contribution in [3.05, 3.63) is 89.6 Å². The highest BCUT2D eigenvalue weighted by atomic mass is 16.5. The van der Waals surface area contributed by atoms with Gasteiger partial charge in [-0.05, 0) is 59.7 Å². The van der Waals surface area contributed by atoms with Crippen LogP contribution in [0, 0.1) is 0 Å². The average molecular weight is 431 g/mol. The molecule has 3 aromatic carbocycles. The number of nitrogens with one attached hydrogen (secondary N) is 1. The number of carbonyl (C=O) groups is 1. The van der Waals surface area contributed by atoms with Gasteiger partial charge in [0.2, 0.25) is 5.75 Å². The number of hydrogen-bond donors (Lipinski definition) is 2. The van der Waals surface area contributed by atoms with Crippen molar-refractivity contribution in [1.82, 2.24) is 0 Å². The third-order valence-corrected chi connectivity index (χ3v) is 4.75. The van der Waals surface area contributed by atoms with Gasteiger partial charge in [-0.25, -0.2) is 0 Å². The van der Waals surface area contributed by atoms with Crippen molar-refractivity contribution in [3.8, 4) is 17.2 Å². The zero-order valence-corrected chi connectivity index (χ0v) is 18.3. The number of nitrogen functional groups attached to an aromatic ring is 1. The fourth-order valence-electron chi connectivity index (χ4n) is 3.04. The first kappa shape index (κ1) is 22.5. The average Bonchev–Trinajstić information content (AvgIpc) is 2.83. The summed E-state index contributed by atoms with van der Waals surface area (Å²) in [4.78, 5) is 12.1. The van der Waals surface area contributed by atoms with E-state index in [-0.39, 0.29) is 5.78 Å². The number of rotatable bonds is 9. The molecule has 0 amide bonds. The summed E-state index contributed by atoms with van der Waals surface area (Å²) in [5.41, 5.74) is 9.67. The van der Waals surface area contributed by atoms with Crippen LogP contribution >= 0.6 is 0 Å². The molecular weight excluding hydrogens is 404 g/mol. The second-order valence-electron chi connectivity index (χ2n) is 6.88. The molecule has 6 nitrogen and oxygen atoms in total. The van der Waals surface area contributed by atoms with Crippen LogP contribution in [-0.4, -0.2) is 27.1 Å². The number of benzene rings is 3. The van der Waals surface area contributed by atoms with Gasteiger partial charge in [0.15, 0.2) is 17.3 Å². The molecule has 0 aliphatic heterocycles. The van der Waals surface area contributed by atoms with Gasteiger partial charge in [0.1, 0.15) is 0 Å². The summed E-state index contributed by atoms with van der Waals surface area (Å²) in [6.45, 7) is 0. The van der Waals surface area contributed by atoms with E-state index in [1.54, 1.807) is 51.8 Å². The van der Waals surface area contributed by atoms with Gasteiger partial charge in [-0.3, -0.25) is 4.79 Å². The van der Waals surface area contributed by atoms with Crippen molar-refractivity contribution in [2.45, 2.75) is 0 Å². The number of allylic oxidation sites excluding steroid dienone is 1. The minimum Gasteiger partial charge on any atom is -0.493 e. The fraction of sp³-hybridized carbons (Fsp3) is 0.115. The lowest BCUT2D eigenvalue weighted by atomic mass is 10.1. The molecule has 0 radical (unpaired) electrons. The molecule has 3 N–H and O–H groups in total. The van der Waals surface area contributed by atoms with Crippen LogP contribution in [0.15, 0.2) is 72.9 Å². The van der Waals surface area contributed by atoms with Crippen molar-refractivity contribution in [3.63, 3.8) is 0 Å². The van der Waals surface area contributed by atoms with E-state index in [1.165, 1.54) is 6.08 Å². The molecule has 6 heteroatoms. The summed E-state index contributed by atoms with van der Waals surface area (Å²) in [6.07, 6.45) is 7.08. The third-order valence-electron chi connectivity index (χ3n) is 4.75. The summed E-state index contributed by atoms with van der Waals surface area (Å²) in [7, 11) is 4.76. The van der Waals surface area contributed by atoms with E-state index in [4.69, 9.17) is 19.9 Å². The highest BCUT2D eigenvalue weighted by molar-refractivity contribution is 6.04. The minimum absolute atomic E-state index is 0.0950. The highest BCUT2D eigenvalue weighted by Gasteiger charge is 2.11. The molecule has 0 aliphatic carbocycles. The maximum Gasteiger partial charge on any atom is 0.203 e. The van der Waals surface area contributed by atoms with Crippen LogP contribution in [0.25, 0.3) is 12.2 Å². The predicted molar refractivity (Wildman–Crippen MR) is 129 cm³/mol. The Morgan fingerprint density at radius 3 is 1.97 bits per heavy atom. The number of ketones is 1. The first-order valence-electron chi connectivity index (χ1n) is 9.95. The normalized spacial score (nSPS) is 11.0. The quantitative estimate of drug-likeness (QED) is 0.208. The van der Waals surface area contributed by atoms with Gasteiger partial charge in [-0.2, -0.15) is 0 Å². The van der Waals surface area contributed by atoms with E-state index in [9.17, 15) is 4.79 Å². The standard InChI is InChI=1S/C26H26N2O4/c1-30-24-16-19(17-25(31-2)26(24)32-3)5-4-18-6-12-22(13-7-18)28-15-14-23(29)20-8-10-21(27)11-9-20/h4-17,28H,27H2,1-3H3/b5-4-,15-14-. The zero-order valence-electron chi connectivity index (χ0n) is 18.3. The van der Waals surface area contributed by atoms with E-state index in [2.05, 4.69) is 5.32 Å². The number of methoxy groups -OCH3 is 3. The van der Waals surface area contributed by atoms with Crippen LogP contribution in [0.4, 0.5) is 11.4 Å². The highest BCUT2D eigenvalue weighted by Crippen LogP contribution is 2.38. The van der Waals surface area contributed by atoms with Crippen LogP contribution in [0.1, 0.15) is 21.5 Å². The van der Waals surface area contributed by atoms with Gasteiger partial charge in [0.25, 0.3) is 0 Å². The number of hydrogen-bond acceptors (Lipinski definition) is 6. The van der Waals surface area contributed by atoms with Crippen molar-refractivity contribution >= 4 is 29.3 Å². The summed E-state index contributed by atoms with van der Waals surface area (Å²) >= 11 is 0. The first-order chi connectivity index (χ1) is 15.5. The molecule has 3 aromatic rings. The lowest BCUT2D eigenvalue weighted by Crippen LogP contribution is -1.96. The Morgan fingerprint density at radius 1 is 0.812 bits per heavy atom. The van der Waals surface area contributed by atoms with Crippen LogP contribution in [-0.2, 0) is 0 Å². The Hall–Kier alpha value is -4.19. The molecule has 3 rings (SSSR count). The smallest absolute Gasteiger partial charge is 0.203 e. The lowest BCUT2D eigenvalue weighted by Gasteiger charge is -2.12. The van der Waals surface area contributed by atoms with E-state index in [0.717, 1.165) is 16.8 Å². The molecule has 0 aliphatic rings. The van der Waals surface area contributed by atoms with Gasteiger partial charge in [0.05, 0.1) is 21.3 Å². The number of nitrogens with two attached hydrogens (primary N) is 1. The topological polar surface area (TPSA) is 82.8 Å². The van der Waals surface area contributed by atoms with Gasteiger partial charge in [-0.1, -0.05) is 24.3 Å². The molecule has 0 atom stereocenters. The fourth-order valence-corrected chi connectivity index (χ4v) is 3.04. The number of carbonyl (C=O) groups excluding carboxylic acids is 1. The van der Waals surface area contributed by atoms with Crippen molar-refractivity contribution in [2.75, 3.05) is 32.4 Å². The van der Waals surface area contributed by atoms with Crippen LogP contribution in [0.3, 0.4) is 0 Å². The van der Waals surface area contributed by atoms with Crippen LogP contribution < -0.4 is 25.3 Å². The Labute approximate surface area is 187 Å². The molecular formula is C26H26N2O4. The lowest BCUT2D eigenvalue weighted by molar-refractivity contribution is 0.104. The van der Waals surface area contributed by atoms with Gasteiger partial charge < -0.3 is 25.3 Å². The predicted octanol–water partition coefficient (Wildman–Crippen LogP) is 5.27. The Bertz CT molecular complexity index is 1090. The number of ether oxygens (including phenoxy) is 3. The molecule has 0 unspecified atom stereocenters. The van der Waals surface area contributed by atoms with E-state index >= 15 is 0 Å². The van der Waals surface area contributed by atoms with Crippen molar-refractivity contribution < 1.29 is 19.0 Å². The summed E-state index contributed by atoms with van der Waals surface area (Å²) in [5, 5.41) is 3.10. The number of anilines is 2. The molecule has 32 heavy (non-hydrogen) atoms. The van der Waals surface area contributed by atoms with Crippen LogP contribution in [0.2, 0.25) is 0 Å². The molecule has 164 valence electrons. The van der Waals surface area contributed by atoms with Gasteiger partial charge in [-0.15, -0.1) is 0 Å². The summed E-state index contributed by atoms with van der Waals surface area (Å²) in [6, 6.07) is 18.4. The van der Waals surface area contributed by atoms with Gasteiger partial charge in [0, 0.05) is 29.2 Å². The molecule has 0 saturated heterocycles. The van der Waals surface area contributed by atoms with E-state index in [0.29, 0.717) is 28.5 Å². The maximum absolute atomic E-state index is 12.1. The molecule has 0 bridgehead atoms. The molecule has 0 saturated carbocycles. The van der Waals surface area contributed by atoms with Crippen molar-refractivity contribution in [2.24, 2.45) is 0 Å². The third kappa shape index (κ3) is 5.70. The van der Waals surface area contributed by atoms with Crippen LogP contribution in [0.5, 0.6) is 17.2 Å². The molecule has 0 aromatic heterocycles. The second kappa shape index (κ2) is 10.7. The van der Waals surface area contributed by atoms with E-state index < -0.39 is 0 Å². The maximum atomic E-state index is 12.1. The SMILES string of the molecule is COc1cc(/C=C\c2ccc(N/C=C\C(=O)c3ccc(N)cc3)cc2)cc(OC)c1OC. The van der Waals surface area contributed by atoms with Crippen molar-refractivity contribution in [1.29, 1.82) is 0 Å². The Kier molecular flexibility index (Phi) is 7.54. The Balaban J connectivity index is 1.64. The molecule has 0 fully saturated rings. The first-order valence-corrected chi connectivity index (χ1v) is 9.95. The minimum atomic E-state index is -0.0950. The molecule has 0 spiro atoms. The van der Waals surface area contributed by atoms with E-state index in [1.807, 2.05) is 48.6 Å². The summed E-state index contributed by atoms with van der Waals surface area (Å²) in [5.74, 6) is 1.67. The van der Waals surface area contributed by atoms with Gasteiger partial charge >= 0.3 is 0 Å². The second-order valence-corrected chi connectivity index (χ2v) is 6.88. The summed E-state index contributed by atoms with van der Waals surface area (Å²) < 4.78 is 16.1. The Morgan fingerprint density at radius 2 is 1.41 bits per heavy atom. The monoisotopic (exact) mass is 430 g/mol.